The fourth-order valence-corrected chi connectivity index (χ4v) is 3.46. The molecule has 1 aliphatic heterocycles. The van der Waals surface area contributed by atoms with E-state index in [2.05, 4.69) is 15.6 Å². The Morgan fingerprint density at radius 3 is 2.61 bits per heavy atom. The summed E-state index contributed by atoms with van der Waals surface area (Å²) in [7, 11) is 3.94. The Bertz CT molecular complexity index is 495. The van der Waals surface area contributed by atoms with Crippen LogP contribution in [-0.4, -0.2) is 37.1 Å². The molecule has 1 saturated heterocycles. The quantitative estimate of drug-likeness (QED) is 0.869. The normalized spacial score (nSPS) is 25.6. The molecule has 130 valence electrons. The molecule has 2 aliphatic rings. The minimum absolute atomic E-state index is 0. The molecule has 1 saturated carbocycles. The lowest BCUT2D eigenvalue weighted by Gasteiger charge is -2.24. The molecule has 1 aliphatic carbocycles. The fourth-order valence-electron chi connectivity index (χ4n) is 3.46. The van der Waals surface area contributed by atoms with Crippen LogP contribution in [0.25, 0.3) is 0 Å². The lowest BCUT2D eigenvalue weighted by Crippen LogP contribution is -2.40. The largest absolute Gasteiger partial charge is 0.376 e. The van der Waals surface area contributed by atoms with Crippen molar-refractivity contribution in [2.24, 2.45) is 5.92 Å². The molecular weight excluding hydrogens is 335 g/mol. The number of halogens is 2. The second-order valence-electron chi connectivity index (χ2n) is 6.39. The number of carbonyl (C=O) groups excluding carboxylic acids is 1. The van der Waals surface area contributed by atoms with Crippen molar-refractivity contribution in [2.45, 2.75) is 44.2 Å². The Balaban J connectivity index is 0.00000132. The van der Waals surface area contributed by atoms with Gasteiger partial charge in [-0.1, -0.05) is 12.8 Å². The Morgan fingerprint density at radius 1 is 1.26 bits per heavy atom. The molecule has 1 aromatic rings. The average molecular weight is 361 g/mol. The molecule has 3 rings (SSSR count). The minimum atomic E-state index is -0.0616. The van der Waals surface area contributed by atoms with Gasteiger partial charge in [-0.2, -0.15) is 0 Å². The Labute approximate surface area is 150 Å². The monoisotopic (exact) mass is 360 g/mol. The molecule has 1 amide bonds. The van der Waals surface area contributed by atoms with E-state index >= 15 is 0 Å². The van der Waals surface area contributed by atoms with E-state index in [-0.39, 0.29) is 36.8 Å². The number of nitrogens with zero attached hydrogens (tertiary/aromatic N) is 2. The molecule has 23 heavy (non-hydrogen) atoms. The second kappa shape index (κ2) is 8.71. The number of amides is 1. The topological polar surface area (TPSA) is 57.3 Å². The lowest BCUT2D eigenvalue weighted by molar-refractivity contribution is -0.117. The number of hydrogen-bond donors (Lipinski definition) is 2. The summed E-state index contributed by atoms with van der Waals surface area (Å²) in [4.78, 5) is 18.6. The number of rotatable bonds is 3. The molecule has 0 spiro atoms. The number of hydrogen-bond acceptors (Lipinski definition) is 4. The number of anilines is 2. The standard InChI is InChI=1S/C16H24N4O.2ClH/c1-20(2)12-7-8-15(17-10-12)19-16(21)14-9-11-5-3-4-6-13(11)18-14;;/h7-8,10-11,13-14,18H,3-6,9H2,1-2H3,(H,17,19,21);2*1H. The van der Waals surface area contributed by atoms with Gasteiger partial charge in [-0.3, -0.25) is 4.79 Å². The first kappa shape index (κ1) is 20.0. The van der Waals surface area contributed by atoms with E-state index in [0.29, 0.717) is 17.8 Å². The highest BCUT2D eigenvalue weighted by atomic mass is 35.5. The molecular formula is C16H26Cl2N4O. The van der Waals surface area contributed by atoms with E-state index in [4.69, 9.17) is 0 Å². The smallest absolute Gasteiger partial charge is 0.242 e. The molecule has 7 heteroatoms. The summed E-state index contributed by atoms with van der Waals surface area (Å²) in [5.74, 6) is 1.36. The summed E-state index contributed by atoms with van der Waals surface area (Å²) in [6.45, 7) is 0. The lowest BCUT2D eigenvalue weighted by atomic mass is 9.85. The number of fused-ring (bicyclic) bond motifs is 1. The van der Waals surface area contributed by atoms with Crippen LogP contribution in [0.3, 0.4) is 0 Å². The molecule has 5 nitrogen and oxygen atoms in total. The third-order valence-corrected chi connectivity index (χ3v) is 4.69. The third-order valence-electron chi connectivity index (χ3n) is 4.69. The molecule has 3 atom stereocenters. The zero-order valence-corrected chi connectivity index (χ0v) is 15.3. The average Bonchev–Trinajstić information content (AvgIpc) is 2.92. The summed E-state index contributed by atoms with van der Waals surface area (Å²) >= 11 is 0. The summed E-state index contributed by atoms with van der Waals surface area (Å²) in [5.41, 5.74) is 1.03. The maximum Gasteiger partial charge on any atom is 0.242 e. The number of carbonyl (C=O) groups is 1. The van der Waals surface area contributed by atoms with Crippen molar-refractivity contribution in [2.75, 3.05) is 24.3 Å². The van der Waals surface area contributed by atoms with Gasteiger partial charge >= 0.3 is 0 Å². The van der Waals surface area contributed by atoms with E-state index in [1.165, 1.54) is 25.7 Å². The van der Waals surface area contributed by atoms with Gasteiger partial charge in [0.25, 0.3) is 0 Å². The van der Waals surface area contributed by atoms with Gasteiger partial charge in [-0.15, -0.1) is 24.8 Å². The van der Waals surface area contributed by atoms with Gasteiger partial charge in [0.1, 0.15) is 5.82 Å². The van der Waals surface area contributed by atoms with Gasteiger partial charge in [0.2, 0.25) is 5.91 Å². The van der Waals surface area contributed by atoms with Crippen LogP contribution in [0, 0.1) is 5.92 Å². The van der Waals surface area contributed by atoms with Gasteiger partial charge < -0.3 is 15.5 Å². The molecule has 3 unspecified atom stereocenters. The predicted molar refractivity (Wildman–Crippen MR) is 99.0 cm³/mol. The van der Waals surface area contributed by atoms with Crippen LogP contribution in [0.15, 0.2) is 18.3 Å². The molecule has 0 aromatic carbocycles. The number of pyridine rings is 1. The zero-order valence-electron chi connectivity index (χ0n) is 13.6. The summed E-state index contributed by atoms with van der Waals surface area (Å²) in [5, 5.41) is 6.42. The first-order chi connectivity index (χ1) is 10.1. The van der Waals surface area contributed by atoms with E-state index in [1.807, 2.05) is 31.1 Å². The predicted octanol–water partition coefficient (Wildman–Crippen LogP) is 2.85. The van der Waals surface area contributed by atoms with Crippen molar-refractivity contribution in [1.82, 2.24) is 10.3 Å². The van der Waals surface area contributed by atoms with E-state index in [9.17, 15) is 4.79 Å². The van der Waals surface area contributed by atoms with Gasteiger partial charge in [-0.25, -0.2) is 4.98 Å². The van der Waals surface area contributed by atoms with Crippen LogP contribution < -0.4 is 15.5 Å². The maximum atomic E-state index is 12.4. The molecule has 2 heterocycles. The summed E-state index contributed by atoms with van der Waals surface area (Å²) in [6.07, 6.45) is 7.81. The zero-order chi connectivity index (χ0) is 14.8. The first-order valence-corrected chi connectivity index (χ1v) is 7.84. The van der Waals surface area contributed by atoms with Crippen LogP contribution in [-0.2, 0) is 4.79 Å². The molecule has 2 N–H and O–H groups in total. The molecule has 0 radical (unpaired) electrons. The third kappa shape index (κ3) is 4.72. The Hall–Kier alpha value is -1.04. The summed E-state index contributed by atoms with van der Waals surface area (Å²) in [6, 6.07) is 4.30. The van der Waals surface area contributed by atoms with Crippen LogP contribution >= 0.6 is 24.8 Å². The van der Waals surface area contributed by atoms with E-state index < -0.39 is 0 Å². The van der Waals surface area contributed by atoms with E-state index in [1.54, 1.807) is 6.20 Å². The van der Waals surface area contributed by atoms with Crippen molar-refractivity contribution in [3.8, 4) is 0 Å². The molecule has 0 bridgehead atoms. The minimum Gasteiger partial charge on any atom is -0.376 e. The highest BCUT2D eigenvalue weighted by Crippen LogP contribution is 2.33. The van der Waals surface area contributed by atoms with Gasteiger partial charge in [0, 0.05) is 20.1 Å². The van der Waals surface area contributed by atoms with Gasteiger partial charge in [-0.05, 0) is 37.3 Å². The summed E-state index contributed by atoms with van der Waals surface area (Å²) < 4.78 is 0. The van der Waals surface area contributed by atoms with Crippen LogP contribution in [0.4, 0.5) is 11.5 Å². The first-order valence-electron chi connectivity index (χ1n) is 7.84. The van der Waals surface area contributed by atoms with Crippen LogP contribution in [0.1, 0.15) is 32.1 Å². The van der Waals surface area contributed by atoms with Crippen molar-refractivity contribution in [3.05, 3.63) is 18.3 Å². The SMILES string of the molecule is CN(C)c1ccc(NC(=O)C2CC3CCCCC3N2)nc1.Cl.Cl. The molecule has 1 aromatic heterocycles. The van der Waals surface area contributed by atoms with Crippen molar-refractivity contribution in [3.63, 3.8) is 0 Å². The van der Waals surface area contributed by atoms with Crippen molar-refractivity contribution < 1.29 is 4.79 Å². The number of aromatic nitrogens is 1. The maximum absolute atomic E-state index is 12.4. The fraction of sp³-hybridized carbons (Fsp3) is 0.625. The van der Waals surface area contributed by atoms with E-state index in [0.717, 1.165) is 12.1 Å². The highest BCUT2D eigenvalue weighted by molar-refractivity contribution is 5.94. The number of nitrogens with one attached hydrogen (secondary N) is 2. The van der Waals surface area contributed by atoms with Crippen LogP contribution in [0.5, 0.6) is 0 Å². The van der Waals surface area contributed by atoms with Crippen molar-refractivity contribution in [1.29, 1.82) is 0 Å². The van der Waals surface area contributed by atoms with Crippen molar-refractivity contribution >= 4 is 42.2 Å². The Morgan fingerprint density at radius 2 is 2.00 bits per heavy atom. The molecule has 2 fully saturated rings. The second-order valence-corrected chi connectivity index (χ2v) is 6.39. The van der Waals surface area contributed by atoms with Gasteiger partial charge in [0.15, 0.2) is 0 Å². The van der Waals surface area contributed by atoms with Gasteiger partial charge in [0.05, 0.1) is 17.9 Å². The van der Waals surface area contributed by atoms with Crippen LogP contribution in [0.2, 0.25) is 0 Å². The highest BCUT2D eigenvalue weighted by Gasteiger charge is 2.38. The Kier molecular flexibility index (Phi) is 7.58.